The van der Waals surface area contributed by atoms with E-state index in [4.69, 9.17) is 5.73 Å². The first-order valence-corrected chi connectivity index (χ1v) is 6.86. The van der Waals surface area contributed by atoms with Crippen LogP contribution in [0.5, 0.6) is 0 Å². The molecule has 0 amide bonds. The summed E-state index contributed by atoms with van der Waals surface area (Å²) in [5, 5.41) is 11.4. The van der Waals surface area contributed by atoms with E-state index in [0.29, 0.717) is 12.2 Å². The lowest BCUT2D eigenvalue weighted by Gasteiger charge is -2.10. The Kier molecular flexibility index (Phi) is 3.75. The molecule has 0 aliphatic carbocycles. The molecule has 0 aliphatic heterocycles. The van der Waals surface area contributed by atoms with Gasteiger partial charge in [-0.2, -0.15) is 0 Å². The summed E-state index contributed by atoms with van der Waals surface area (Å²) < 4.78 is 1.61. The highest BCUT2D eigenvalue weighted by molar-refractivity contribution is 5.63. The van der Waals surface area contributed by atoms with E-state index in [2.05, 4.69) is 51.9 Å². The van der Waals surface area contributed by atoms with Crippen LogP contribution < -0.4 is 5.73 Å². The predicted molar refractivity (Wildman–Crippen MR) is 81.3 cm³/mol. The van der Waals surface area contributed by atoms with Gasteiger partial charge in [0, 0.05) is 7.05 Å². The van der Waals surface area contributed by atoms with Crippen molar-refractivity contribution in [2.45, 2.75) is 12.5 Å². The number of nitrogens with two attached hydrogens (primary N) is 1. The molecule has 0 spiro atoms. The van der Waals surface area contributed by atoms with Gasteiger partial charge in [0.2, 0.25) is 0 Å². The molecule has 5 heteroatoms. The van der Waals surface area contributed by atoms with E-state index < -0.39 is 0 Å². The lowest BCUT2D eigenvalue weighted by atomic mass is 10.0. The highest BCUT2D eigenvalue weighted by Gasteiger charge is 2.13. The quantitative estimate of drug-likeness (QED) is 0.794. The molecule has 3 aromatic rings. The van der Waals surface area contributed by atoms with Crippen LogP contribution in [0.25, 0.3) is 11.1 Å². The molecule has 1 heterocycles. The van der Waals surface area contributed by atoms with E-state index >= 15 is 0 Å². The zero-order valence-corrected chi connectivity index (χ0v) is 11.8. The predicted octanol–water partition coefficient (Wildman–Crippen LogP) is 2.12. The number of benzene rings is 2. The smallest absolute Gasteiger partial charge is 0.168 e. The van der Waals surface area contributed by atoms with Gasteiger partial charge in [-0.05, 0) is 33.5 Å². The Hall–Kier alpha value is -2.53. The Balaban J connectivity index is 1.75. The molecule has 1 atom stereocenters. The number of hydrogen-bond donors (Lipinski definition) is 1. The van der Waals surface area contributed by atoms with Crippen molar-refractivity contribution in [2.24, 2.45) is 12.8 Å². The first kappa shape index (κ1) is 13.5. The van der Waals surface area contributed by atoms with Crippen molar-refractivity contribution in [3.05, 3.63) is 66.0 Å². The number of tetrazole rings is 1. The van der Waals surface area contributed by atoms with Crippen LogP contribution in [0.2, 0.25) is 0 Å². The SMILES string of the molecule is Cn1nnnc1C(N)Cc1ccc(-c2ccccc2)cc1. The summed E-state index contributed by atoms with van der Waals surface area (Å²) in [5.41, 5.74) is 9.75. The van der Waals surface area contributed by atoms with Gasteiger partial charge in [0.25, 0.3) is 0 Å². The lowest BCUT2D eigenvalue weighted by molar-refractivity contribution is 0.599. The Morgan fingerprint density at radius 1 is 1.00 bits per heavy atom. The maximum absolute atomic E-state index is 6.16. The average Bonchev–Trinajstić information content (AvgIpc) is 2.95. The Bertz CT molecular complexity index is 703. The Morgan fingerprint density at radius 3 is 2.29 bits per heavy atom. The van der Waals surface area contributed by atoms with Crippen molar-refractivity contribution < 1.29 is 0 Å². The summed E-state index contributed by atoms with van der Waals surface area (Å²) in [5.74, 6) is 0.696. The monoisotopic (exact) mass is 279 g/mol. The minimum absolute atomic E-state index is 0.201. The topological polar surface area (TPSA) is 69.6 Å². The van der Waals surface area contributed by atoms with Gasteiger partial charge in [-0.25, -0.2) is 4.68 Å². The molecule has 0 saturated heterocycles. The van der Waals surface area contributed by atoms with E-state index in [-0.39, 0.29) is 6.04 Å². The number of rotatable bonds is 4. The van der Waals surface area contributed by atoms with Crippen LogP contribution in [0.4, 0.5) is 0 Å². The third-order valence-electron chi connectivity index (χ3n) is 3.50. The second-order valence-electron chi connectivity index (χ2n) is 5.03. The van der Waals surface area contributed by atoms with Crippen LogP contribution in [-0.4, -0.2) is 20.2 Å². The highest BCUT2D eigenvalue weighted by Crippen LogP contribution is 2.21. The molecule has 21 heavy (non-hydrogen) atoms. The van der Waals surface area contributed by atoms with E-state index in [1.807, 2.05) is 18.2 Å². The molecule has 2 N–H and O–H groups in total. The largest absolute Gasteiger partial charge is 0.321 e. The number of aryl methyl sites for hydroxylation is 1. The average molecular weight is 279 g/mol. The van der Waals surface area contributed by atoms with Crippen LogP contribution in [0.3, 0.4) is 0 Å². The Morgan fingerprint density at radius 2 is 1.67 bits per heavy atom. The van der Waals surface area contributed by atoms with Crippen molar-refractivity contribution in [1.29, 1.82) is 0 Å². The van der Waals surface area contributed by atoms with Gasteiger partial charge < -0.3 is 5.73 Å². The van der Waals surface area contributed by atoms with Gasteiger partial charge in [-0.15, -0.1) is 5.10 Å². The third-order valence-corrected chi connectivity index (χ3v) is 3.50. The van der Waals surface area contributed by atoms with Crippen molar-refractivity contribution in [1.82, 2.24) is 20.2 Å². The van der Waals surface area contributed by atoms with E-state index in [9.17, 15) is 0 Å². The Labute approximate surface area is 123 Å². The molecule has 3 rings (SSSR count). The highest BCUT2D eigenvalue weighted by atomic mass is 15.5. The summed E-state index contributed by atoms with van der Waals surface area (Å²) in [7, 11) is 1.80. The third kappa shape index (κ3) is 2.98. The maximum Gasteiger partial charge on any atom is 0.168 e. The number of aromatic nitrogens is 4. The van der Waals surface area contributed by atoms with E-state index in [1.165, 1.54) is 16.7 Å². The molecule has 0 saturated carbocycles. The number of nitrogens with zero attached hydrogens (tertiary/aromatic N) is 4. The fourth-order valence-electron chi connectivity index (χ4n) is 2.36. The maximum atomic E-state index is 6.16. The van der Waals surface area contributed by atoms with Gasteiger partial charge in [0.05, 0.1) is 6.04 Å². The van der Waals surface area contributed by atoms with Crippen LogP contribution in [0.15, 0.2) is 54.6 Å². The van der Waals surface area contributed by atoms with E-state index in [0.717, 1.165) is 0 Å². The molecule has 5 nitrogen and oxygen atoms in total. The van der Waals surface area contributed by atoms with Crippen molar-refractivity contribution in [3.63, 3.8) is 0 Å². The van der Waals surface area contributed by atoms with Crippen molar-refractivity contribution in [3.8, 4) is 11.1 Å². The molecule has 1 aromatic heterocycles. The van der Waals surface area contributed by atoms with Gasteiger partial charge in [-0.3, -0.25) is 0 Å². The summed E-state index contributed by atoms with van der Waals surface area (Å²) in [6.07, 6.45) is 0.712. The van der Waals surface area contributed by atoms with Gasteiger partial charge in [0.1, 0.15) is 0 Å². The van der Waals surface area contributed by atoms with Gasteiger partial charge >= 0.3 is 0 Å². The summed E-state index contributed by atoms with van der Waals surface area (Å²) in [4.78, 5) is 0. The van der Waals surface area contributed by atoms with E-state index in [1.54, 1.807) is 11.7 Å². The first-order valence-electron chi connectivity index (χ1n) is 6.86. The van der Waals surface area contributed by atoms with Crippen molar-refractivity contribution in [2.75, 3.05) is 0 Å². The fraction of sp³-hybridized carbons (Fsp3) is 0.188. The van der Waals surface area contributed by atoms with Gasteiger partial charge in [-0.1, -0.05) is 54.6 Å². The molecule has 106 valence electrons. The standard InChI is InChI=1S/C16H17N5/c1-21-16(18-19-20-21)15(17)11-12-7-9-14(10-8-12)13-5-3-2-4-6-13/h2-10,15H,11,17H2,1H3. The number of hydrogen-bond acceptors (Lipinski definition) is 4. The molecule has 2 aromatic carbocycles. The second kappa shape index (κ2) is 5.85. The summed E-state index contributed by atoms with van der Waals surface area (Å²) in [6, 6.07) is 18.5. The van der Waals surface area contributed by atoms with Crippen LogP contribution in [0.1, 0.15) is 17.4 Å². The fourth-order valence-corrected chi connectivity index (χ4v) is 2.36. The van der Waals surface area contributed by atoms with Crippen LogP contribution in [-0.2, 0) is 13.5 Å². The zero-order valence-electron chi connectivity index (χ0n) is 11.8. The summed E-state index contributed by atoms with van der Waals surface area (Å²) >= 11 is 0. The lowest BCUT2D eigenvalue weighted by Crippen LogP contribution is -2.18. The molecule has 0 bridgehead atoms. The van der Waals surface area contributed by atoms with Gasteiger partial charge in [0.15, 0.2) is 5.82 Å². The van der Waals surface area contributed by atoms with Crippen LogP contribution >= 0.6 is 0 Å². The molecular formula is C16H17N5. The van der Waals surface area contributed by atoms with Crippen LogP contribution in [0, 0.1) is 0 Å². The minimum Gasteiger partial charge on any atom is -0.321 e. The summed E-state index contributed by atoms with van der Waals surface area (Å²) in [6.45, 7) is 0. The second-order valence-corrected chi connectivity index (χ2v) is 5.03. The zero-order chi connectivity index (χ0) is 14.7. The normalized spacial score (nSPS) is 12.3. The molecule has 0 radical (unpaired) electrons. The van der Waals surface area contributed by atoms with Crippen molar-refractivity contribution >= 4 is 0 Å². The molecule has 0 aliphatic rings. The first-order chi connectivity index (χ1) is 10.2. The minimum atomic E-state index is -0.201. The molecule has 0 fully saturated rings. The molecular weight excluding hydrogens is 262 g/mol. The molecule has 1 unspecified atom stereocenters.